The molecule has 0 radical (unpaired) electrons. The SMILES string of the molecule is Cc1ccccc1C(=NNc1ccc([N+](=O)[O-])cc1[N+](=O)[O-])C(C)c1ccccc1. The average Bonchev–Trinajstić information content (AvgIpc) is 2.75. The van der Waals surface area contributed by atoms with Crippen molar-refractivity contribution in [3.8, 4) is 0 Å². The first-order valence-electron chi connectivity index (χ1n) is 9.26. The number of anilines is 1. The topological polar surface area (TPSA) is 111 Å². The minimum atomic E-state index is -0.670. The molecule has 1 N–H and O–H groups in total. The van der Waals surface area contributed by atoms with Gasteiger partial charge < -0.3 is 0 Å². The highest BCUT2D eigenvalue weighted by molar-refractivity contribution is 6.06. The van der Waals surface area contributed by atoms with E-state index in [1.54, 1.807) is 0 Å². The van der Waals surface area contributed by atoms with Crippen molar-refractivity contribution in [3.63, 3.8) is 0 Å². The third-order valence-corrected chi connectivity index (χ3v) is 4.82. The van der Waals surface area contributed by atoms with Crippen molar-refractivity contribution in [2.24, 2.45) is 5.10 Å². The highest BCUT2D eigenvalue weighted by Gasteiger charge is 2.21. The first kappa shape index (κ1) is 20.7. The Bertz CT molecular complexity index is 1110. The number of rotatable bonds is 7. The number of non-ortho nitro benzene ring substituents is 1. The second kappa shape index (κ2) is 8.95. The second-order valence-electron chi connectivity index (χ2n) is 6.77. The smallest absolute Gasteiger partial charge is 0.271 e. The number of nitrogens with one attached hydrogen (secondary N) is 1. The van der Waals surface area contributed by atoms with Gasteiger partial charge in [0, 0.05) is 17.5 Å². The van der Waals surface area contributed by atoms with Crippen LogP contribution < -0.4 is 5.43 Å². The highest BCUT2D eigenvalue weighted by atomic mass is 16.6. The number of benzene rings is 3. The molecule has 0 saturated heterocycles. The zero-order valence-corrected chi connectivity index (χ0v) is 16.5. The first-order chi connectivity index (χ1) is 14.4. The molecule has 0 aliphatic heterocycles. The maximum absolute atomic E-state index is 11.4. The summed E-state index contributed by atoms with van der Waals surface area (Å²) >= 11 is 0. The van der Waals surface area contributed by atoms with Crippen LogP contribution in [0.2, 0.25) is 0 Å². The molecule has 0 aromatic heterocycles. The molecule has 1 atom stereocenters. The van der Waals surface area contributed by atoms with Gasteiger partial charge in [0.25, 0.3) is 5.69 Å². The summed E-state index contributed by atoms with van der Waals surface area (Å²) in [6, 6.07) is 21.0. The van der Waals surface area contributed by atoms with E-state index < -0.39 is 15.5 Å². The van der Waals surface area contributed by atoms with E-state index in [4.69, 9.17) is 0 Å². The van der Waals surface area contributed by atoms with Crippen molar-refractivity contribution < 1.29 is 9.85 Å². The first-order valence-corrected chi connectivity index (χ1v) is 9.26. The molecule has 152 valence electrons. The van der Waals surface area contributed by atoms with E-state index in [1.165, 1.54) is 12.1 Å². The summed E-state index contributed by atoms with van der Waals surface area (Å²) in [6.45, 7) is 3.98. The third-order valence-electron chi connectivity index (χ3n) is 4.82. The monoisotopic (exact) mass is 404 g/mol. The molecule has 3 rings (SSSR count). The normalized spacial score (nSPS) is 12.3. The van der Waals surface area contributed by atoms with Crippen LogP contribution in [0.4, 0.5) is 17.1 Å². The van der Waals surface area contributed by atoms with Crippen LogP contribution in [-0.4, -0.2) is 15.6 Å². The van der Waals surface area contributed by atoms with Gasteiger partial charge in [-0.05, 0) is 24.1 Å². The van der Waals surface area contributed by atoms with Crippen LogP contribution in [0.15, 0.2) is 77.9 Å². The standard InChI is InChI=1S/C22H20N4O4/c1-15-8-6-7-11-19(15)22(16(2)17-9-4-3-5-10-17)24-23-20-13-12-18(25(27)28)14-21(20)26(29)30/h3-14,16,23H,1-2H3. The Kier molecular flexibility index (Phi) is 6.17. The summed E-state index contributed by atoms with van der Waals surface area (Å²) in [5.41, 5.74) is 5.74. The molecule has 1 unspecified atom stereocenters. The lowest BCUT2D eigenvalue weighted by atomic mass is 9.89. The molecule has 3 aromatic carbocycles. The fourth-order valence-electron chi connectivity index (χ4n) is 3.15. The maximum Gasteiger partial charge on any atom is 0.301 e. The Morgan fingerprint density at radius 2 is 1.60 bits per heavy atom. The lowest BCUT2D eigenvalue weighted by Gasteiger charge is -2.18. The van der Waals surface area contributed by atoms with E-state index in [9.17, 15) is 20.2 Å². The van der Waals surface area contributed by atoms with Crippen molar-refractivity contribution in [1.29, 1.82) is 0 Å². The number of nitro benzene ring substituents is 2. The molecule has 3 aromatic rings. The molecule has 0 bridgehead atoms. The van der Waals surface area contributed by atoms with Gasteiger partial charge in [-0.3, -0.25) is 25.7 Å². The Morgan fingerprint density at radius 1 is 0.933 bits per heavy atom. The quantitative estimate of drug-likeness (QED) is 0.321. The number of hydrogen-bond acceptors (Lipinski definition) is 6. The van der Waals surface area contributed by atoms with Crippen molar-refractivity contribution in [3.05, 3.63) is 110 Å². The average molecular weight is 404 g/mol. The van der Waals surface area contributed by atoms with Crippen LogP contribution >= 0.6 is 0 Å². The maximum atomic E-state index is 11.4. The molecule has 0 aliphatic carbocycles. The predicted molar refractivity (Wildman–Crippen MR) is 116 cm³/mol. The van der Waals surface area contributed by atoms with Crippen LogP contribution in [0.5, 0.6) is 0 Å². The van der Waals surface area contributed by atoms with Crippen molar-refractivity contribution in [2.75, 3.05) is 5.43 Å². The van der Waals surface area contributed by atoms with Gasteiger partial charge >= 0.3 is 5.69 Å². The van der Waals surface area contributed by atoms with Gasteiger partial charge in [-0.2, -0.15) is 5.10 Å². The van der Waals surface area contributed by atoms with Gasteiger partial charge in [0.05, 0.1) is 21.6 Å². The molecular weight excluding hydrogens is 384 g/mol. The molecule has 8 nitrogen and oxygen atoms in total. The molecule has 0 aliphatic rings. The molecule has 0 heterocycles. The third kappa shape index (κ3) is 4.49. The summed E-state index contributed by atoms with van der Waals surface area (Å²) in [7, 11) is 0. The van der Waals surface area contributed by atoms with Gasteiger partial charge in [0.15, 0.2) is 0 Å². The Labute approximate surface area is 173 Å². The van der Waals surface area contributed by atoms with Gasteiger partial charge in [-0.15, -0.1) is 0 Å². The van der Waals surface area contributed by atoms with E-state index in [0.29, 0.717) is 5.71 Å². The minimum Gasteiger partial charge on any atom is -0.271 e. The van der Waals surface area contributed by atoms with Crippen molar-refractivity contribution in [2.45, 2.75) is 19.8 Å². The van der Waals surface area contributed by atoms with E-state index in [0.717, 1.165) is 22.8 Å². The molecule has 0 saturated carbocycles. The zero-order valence-electron chi connectivity index (χ0n) is 16.5. The number of nitrogens with zero attached hydrogens (tertiary/aromatic N) is 3. The van der Waals surface area contributed by atoms with Crippen LogP contribution in [0.3, 0.4) is 0 Å². The van der Waals surface area contributed by atoms with E-state index in [2.05, 4.69) is 10.5 Å². The number of hydrogen-bond donors (Lipinski definition) is 1. The number of hydrazone groups is 1. The number of aryl methyl sites for hydroxylation is 1. The molecule has 30 heavy (non-hydrogen) atoms. The van der Waals surface area contributed by atoms with Crippen LogP contribution in [-0.2, 0) is 0 Å². The van der Waals surface area contributed by atoms with Crippen LogP contribution in [0.1, 0.15) is 29.5 Å². The molecular formula is C22H20N4O4. The predicted octanol–water partition coefficient (Wildman–Crippen LogP) is 5.43. The van der Waals surface area contributed by atoms with Crippen LogP contribution in [0, 0.1) is 27.2 Å². The zero-order chi connectivity index (χ0) is 21.7. The minimum absolute atomic E-state index is 0.0805. The summed E-state index contributed by atoms with van der Waals surface area (Å²) in [5.74, 6) is -0.100. The van der Waals surface area contributed by atoms with E-state index >= 15 is 0 Å². The summed E-state index contributed by atoms with van der Waals surface area (Å²) in [5, 5.41) is 26.9. The van der Waals surface area contributed by atoms with Crippen LogP contribution in [0.25, 0.3) is 0 Å². The highest BCUT2D eigenvalue weighted by Crippen LogP contribution is 2.30. The Hall–Kier alpha value is -4.07. The largest absolute Gasteiger partial charge is 0.301 e. The molecule has 8 heteroatoms. The lowest BCUT2D eigenvalue weighted by molar-refractivity contribution is -0.393. The summed E-state index contributed by atoms with van der Waals surface area (Å²) in [4.78, 5) is 21.0. The Morgan fingerprint density at radius 3 is 2.23 bits per heavy atom. The van der Waals surface area contributed by atoms with Gasteiger partial charge in [0.1, 0.15) is 5.69 Å². The van der Waals surface area contributed by atoms with Crippen molar-refractivity contribution in [1.82, 2.24) is 0 Å². The summed E-state index contributed by atoms with van der Waals surface area (Å²) in [6.07, 6.45) is 0. The lowest BCUT2D eigenvalue weighted by Crippen LogP contribution is -2.15. The van der Waals surface area contributed by atoms with Gasteiger partial charge in [-0.25, -0.2) is 0 Å². The van der Waals surface area contributed by atoms with Crippen molar-refractivity contribution >= 4 is 22.8 Å². The fourth-order valence-corrected chi connectivity index (χ4v) is 3.15. The number of nitro groups is 2. The fraction of sp³-hybridized carbons (Fsp3) is 0.136. The van der Waals surface area contributed by atoms with Gasteiger partial charge in [0.2, 0.25) is 0 Å². The second-order valence-corrected chi connectivity index (χ2v) is 6.77. The molecule has 0 spiro atoms. The summed E-state index contributed by atoms with van der Waals surface area (Å²) < 4.78 is 0. The van der Waals surface area contributed by atoms with E-state index in [-0.39, 0.29) is 17.3 Å². The Balaban J connectivity index is 2.06. The molecule has 0 amide bonds. The van der Waals surface area contributed by atoms with Gasteiger partial charge in [-0.1, -0.05) is 61.5 Å². The molecule has 0 fully saturated rings. The van der Waals surface area contributed by atoms with E-state index in [1.807, 2.05) is 68.4 Å².